The highest BCUT2D eigenvalue weighted by molar-refractivity contribution is 5.85. The van der Waals surface area contributed by atoms with Crippen LogP contribution in [-0.4, -0.2) is 30.6 Å². The van der Waals surface area contributed by atoms with E-state index in [1.54, 1.807) is 7.05 Å². The fraction of sp³-hybridized carbons (Fsp3) is 0.462. The molecule has 1 aliphatic rings. The van der Waals surface area contributed by atoms with Gasteiger partial charge in [0.05, 0.1) is 6.61 Å². The third-order valence-corrected chi connectivity index (χ3v) is 3.27. The minimum atomic E-state index is -0.104. The molecule has 1 unspecified atom stereocenters. The number of aliphatic hydroxyl groups excluding tert-OH is 1. The largest absolute Gasteiger partial charge is 0.392 e. The number of nitrogens with zero attached hydrogens (tertiary/aromatic N) is 1. The van der Waals surface area contributed by atoms with Crippen molar-refractivity contribution in [3.8, 4) is 0 Å². The molecule has 0 aliphatic carbocycles. The van der Waals surface area contributed by atoms with Gasteiger partial charge < -0.3 is 15.3 Å². The summed E-state index contributed by atoms with van der Waals surface area (Å²) < 4.78 is 0. The predicted molar refractivity (Wildman–Crippen MR) is 66.8 cm³/mol. The summed E-state index contributed by atoms with van der Waals surface area (Å²) >= 11 is 0. The number of hydrogen-bond donors (Lipinski definition) is 2. The minimum absolute atomic E-state index is 0.00708. The van der Waals surface area contributed by atoms with Gasteiger partial charge >= 0.3 is 0 Å². The zero-order chi connectivity index (χ0) is 12.3. The van der Waals surface area contributed by atoms with Crippen LogP contribution in [0.3, 0.4) is 0 Å². The highest BCUT2D eigenvalue weighted by atomic mass is 16.3. The minimum Gasteiger partial charge on any atom is -0.392 e. The lowest BCUT2D eigenvalue weighted by Gasteiger charge is -2.27. The van der Waals surface area contributed by atoms with Crippen LogP contribution in [0.2, 0.25) is 0 Å². The Kier molecular flexibility index (Phi) is 3.64. The normalized spacial score (nSPS) is 19.4. The van der Waals surface area contributed by atoms with Crippen molar-refractivity contribution in [2.75, 3.05) is 18.5 Å². The number of benzene rings is 1. The molecule has 1 aromatic carbocycles. The average Bonchev–Trinajstić information content (AvgIpc) is 2.86. The first kappa shape index (κ1) is 11.9. The van der Waals surface area contributed by atoms with E-state index in [4.69, 9.17) is 0 Å². The highest BCUT2D eigenvalue weighted by Crippen LogP contribution is 2.28. The third kappa shape index (κ3) is 2.26. The van der Waals surface area contributed by atoms with Gasteiger partial charge in [0.25, 0.3) is 0 Å². The lowest BCUT2D eigenvalue weighted by atomic mass is 10.1. The monoisotopic (exact) mass is 234 g/mol. The van der Waals surface area contributed by atoms with Crippen molar-refractivity contribution < 1.29 is 9.90 Å². The van der Waals surface area contributed by atoms with Gasteiger partial charge in [-0.1, -0.05) is 18.2 Å². The molecule has 92 valence electrons. The Morgan fingerprint density at radius 2 is 2.29 bits per heavy atom. The topological polar surface area (TPSA) is 52.6 Å². The summed E-state index contributed by atoms with van der Waals surface area (Å²) in [6.45, 7) is 0.877. The molecule has 1 heterocycles. The van der Waals surface area contributed by atoms with E-state index < -0.39 is 0 Å². The Bertz CT molecular complexity index is 406. The van der Waals surface area contributed by atoms with E-state index in [1.807, 2.05) is 24.3 Å². The van der Waals surface area contributed by atoms with Gasteiger partial charge in [-0.05, 0) is 18.9 Å². The van der Waals surface area contributed by atoms with Crippen LogP contribution in [0.25, 0.3) is 0 Å². The van der Waals surface area contributed by atoms with Gasteiger partial charge in [0.2, 0.25) is 5.91 Å². The SMILES string of the molecule is CNC(=O)C1CCCN1c1ccccc1CO. The number of rotatable bonds is 3. The molecule has 1 amide bonds. The maximum Gasteiger partial charge on any atom is 0.242 e. The second-order valence-corrected chi connectivity index (χ2v) is 4.25. The Hall–Kier alpha value is -1.55. The van der Waals surface area contributed by atoms with Gasteiger partial charge in [-0.25, -0.2) is 0 Å². The van der Waals surface area contributed by atoms with Gasteiger partial charge in [0.1, 0.15) is 6.04 Å². The van der Waals surface area contributed by atoms with Gasteiger partial charge in [-0.15, -0.1) is 0 Å². The van der Waals surface area contributed by atoms with Crippen LogP contribution in [0.5, 0.6) is 0 Å². The van der Waals surface area contributed by atoms with E-state index in [-0.39, 0.29) is 18.6 Å². The zero-order valence-electron chi connectivity index (χ0n) is 10.0. The van der Waals surface area contributed by atoms with Crippen molar-refractivity contribution in [1.82, 2.24) is 5.32 Å². The summed E-state index contributed by atoms with van der Waals surface area (Å²) in [5.74, 6) is 0.0512. The molecule has 0 saturated carbocycles. The number of likely N-dealkylation sites (N-methyl/N-ethyl adjacent to an activating group) is 1. The molecular formula is C13H18N2O2. The molecule has 1 saturated heterocycles. The molecule has 2 N–H and O–H groups in total. The Morgan fingerprint density at radius 3 is 3.00 bits per heavy atom. The van der Waals surface area contributed by atoms with Gasteiger partial charge in [-0.3, -0.25) is 4.79 Å². The van der Waals surface area contributed by atoms with Gasteiger partial charge in [0, 0.05) is 24.8 Å². The molecule has 4 heteroatoms. The van der Waals surface area contributed by atoms with E-state index in [1.165, 1.54) is 0 Å². The summed E-state index contributed by atoms with van der Waals surface area (Å²) in [5, 5.41) is 12.0. The lowest BCUT2D eigenvalue weighted by Crippen LogP contribution is -2.42. The fourth-order valence-corrected chi connectivity index (χ4v) is 2.42. The number of carbonyl (C=O) groups excluding carboxylic acids is 1. The molecule has 0 radical (unpaired) electrons. The molecule has 1 fully saturated rings. The molecule has 0 spiro atoms. The Labute approximate surface area is 101 Å². The number of amides is 1. The van der Waals surface area contributed by atoms with Crippen molar-refractivity contribution in [2.24, 2.45) is 0 Å². The quantitative estimate of drug-likeness (QED) is 0.817. The molecule has 0 aromatic heterocycles. The van der Waals surface area contributed by atoms with Crippen molar-refractivity contribution in [3.05, 3.63) is 29.8 Å². The summed E-state index contributed by atoms with van der Waals surface area (Å²) in [4.78, 5) is 13.9. The highest BCUT2D eigenvalue weighted by Gasteiger charge is 2.30. The molecule has 2 rings (SSSR count). The third-order valence-electron chi connectivity index (χ3n) is 3.27. The fourth-order valence-electron chi connectivity index (χ4n) is 2.42. The number of nitrogens with one attached hydrogen (secondary N) is 1. The summed E-state index contributed by atoms with van der Waals surface area (Å²) in [6.07, 6.45) is 1.89. The smallest absolute Gasteiger partial charge is 0.242 e. The first-order valence-electron chi connectivity index (χ1n) is 5.95. The Morgan fingerprint density at radius 1 is 1.53 bits per heavy atom. The number of hydrogen-bond acceptors (Lipinski definition) is 3. The second kappa shape index (κ2) is 5.19. The first-order valence-corrected chi connectivity index (χ1v) is 5.95. The first-order chi connectivity index (χ1) is 8.27. The van der Waals surface area contributed by atoms with Crippen LogP contribution in [0.4, 0.5) is 5.69 Å². The van der Waals surface area contributed by atoms with E-state index in [9.17, 15) is 9.90 Å². The molecule has 1 aliphatic heterocycles. The van der Waals surface area contributed by atoms with Crippen LogP contribution in [0.15, 0.2) is 24.3 Å². The molecule has 1 atom stereocenters. The van der Waals surface area contributed by atoms with Crippen molar-refractivity contribution in [2.45, 2.75) is 25.5 Å². The van der Waals surface area contributed by atoms with Crippen LogP contribution >= 0.6 is 0 Å². The van der Waals surface area contributed by atoms with E-state index in [2.05, 4.69) is 10.2 Å². The molecule has 0 bridgehead atoms. The molecular weight excluding hydrogens is 216 g/mol. The summed E-state index contributed by atoms with van der Waals surface area (Å²) in [7, 11) is 1.66. The van der Waals surface area contributed by atoms with Gasteiger partial charge in [-0.2, -0.15) is 0 Å². The van der Waals surface area contributed by atoms with Gasteiger partial charge in [0.15, 0.2) is 0 Å². The number of carbonyl (C=O) groups is 1. The zero-order valence-corrected chi connectivity index (χ0v) is 10.0. The van der Waals surface area contributed by atoms with E-state index in [0.717, 1.165) is 30.6 Å². The second-order valence-electron chi connectivity index (χ2n) is 4.25. The Balaban J connectivity index is 2.29. The molecule has 17 heavy (non-hydrogen) atoms. The van der Waals surface area contributed by atoms with Crippen LogP contribution in [0, 0.1) is 0 Å². The van der Waals surface area contributed by atoms with E-state index in [0.29, 0.717) is 0 Å². The van der Waals surface area contributed by atoms with Crippen molar-refractivity contribution in [3.63, 3.8) is 0 Å². The maximum atomic E-state index is 11.8. The number of anilines is 1. The molecule has 4 nitrogen and oxygen atoms in total. The lowest BCUT2D eigenvalue weighted by molar-refractivity contribution is -0.121. The van der Waals surface area contributed by atoms with Crippen LogP contribution < -0.4 is 10.2 Å². The molecule has 1 aromatic rings. The van der Waals surface area contributed by atoms with Crippen molar-refractivity contribution >= 4 is 11.6 Å². The van der Waals surface area contributed by atoms with Crippen LogP contribution in [0.1, 0.15) is 18.4 Å². The average molecular weight is 234 g/mol. The summed E-state index contributed by atoms with van der Waals surface area (Å²) in [6, 6.07) is 7.60. The predicted octanol–water partition coefficient (Wildman–Crippen LogP) is 0.894. The van der Waals surface area contributed by atoms with Crippen LogP contribution in [-0.2, 0) is 11.4 Å². The number of para-hydroxylation sites is 1. The van der Waals surface area contributed by atoms with E-state index >= 15 is 0 Å². The number of aliphatic hydroxyl groups is 1. The van der Waals surface area contributed by atoms with Crippen molar-refractivity contribution in [1.29, 1.82) is 0 Å². The standard InChI is InChI=1S/C13H18N2O2/c1-14-13(17)12-7-4-8-15(12)11-6-3-2-5-10(11)9-16/h2-3,5-6,12,16H,4,7-9H2,1H3,(H,14,17). The maximum absolute atomic E-state index is 11.8. The summed E-state index contributed by atoms with van der Waals surface area (Å²) in [5.41, 5.74) is 1.85.